The second-order valence-electron chi connectivity index (χ2n) is 1.41. The van der Waals surface area contributed by atoms with Crippen LogP contribution in [0.2, 0.25) is 0 Å². The first-order valence-corrected chi connectivity index (χ1v) is 2.28. The Morgan fingerprint density at radius 3 is 2.43 bits per heavy atom. The molecule has 1 rings (SSSR count). The second kappa shape index (κ2) is 3.24. The van der Waals surface area contributed by atoms with Crippen LogP contribution in [-0.4, -0.2) is 13.0 Å². The van der Waals surface area contributed by atoms with Gasteiger partial charge in [-0.3, -0.25) is 5.32 Å². The van der Waals surface area contributed by atoms with Crippen molar-refractivity contribution in [3.05, 3.63) is 0 Å². The minimum Gasteiger partial charge on any atom is -0.348 e. The Labute approximate surface area is 49.6 Å². The molecular formula is C4H10ClNO. The monoisotopic (exact) mass is 123 g/mol. The van der Waals surface area contributed by atoms with Crippen LogP contribution in [-0.2, 0) is 4.74 Å². The van der Waals surface area contributed by atoms with Crippen LogP contribution in [0.4, 0.5) is 0 Å². The summed E-state index contributed by atoms with van der Waals surface area (Å²) >= 11 is 0. The number of halogens is 1. The highest BCUT2D eigenvalue weighted by Crippen LogP contribution is 1.99. The minimum atomic E-state index is 0. The third-order valence-electron chi connectivity index (χ3n) is 0.966. The summed E-state index contributed by atoms with van der Waals surface area (Å²) in [6, 6.07) is 0. The van der Waals surface area contributed by atoms with Crippen LogP contribution in [0.25, 0.3) is 0 Å². The fraction of sp³-hybridized carbons (Fsp3) is 1.00. The lowest BCUT2D eigenvalue weighted by Gasteiger charge is -2.26. The van der Waals surface area contributed by atoms with Crippen molar-refractivity contribution in [1.82, 2.24) is 5.32 Å². The molecular weight excluding hydrogens is 114 g/mol. The average Bonchev–Trinajstić information content (AvgIpc) is 1.31. The van der Waals surface area contributed by atoms with Crippen molar-refractivity contribution < 1.29 is 4.74 Å². The first-order chi connectivity index (χ1) is 2.93. The lowest BCUT2D eigenvalue weighted by Crippen LogP contribution is -2.45. The molecule has 0 bridgehead atoms. The molecule has 0 radical (unpaired) electrons. The Kier molecular flexibility index (Phi) is 3.34. The molecule has 1 unspecified atom stereocenters. The van der Waals surface area contributed by atoms with Crippen LogP contribution < -0.4 is 5.32 Å². The second-order valence-corrected chi connectivity index (χ2v) is 1.41. The van der Waals surface area contributed by atoms with Gasteiger partial charge in [-0.2, -0.15) is 0 Å². The van der Waals surface area contributed by atoms with E-state index in [1.54, 1.807) is 0 Å². The van der Waals surface area contributed by atoms with E-state index in [0.29, 0.717) is 6.23 Å². The van der Waals surface area contributed by atoms with Gasteiger partial charge in [0.05, 0.1) is 0 Å². The van der Waals surface area contributed by atoms with Crippen LogP contribution >= 0.6 is 12.4 Å². The summed E-state index contributed by atoms with van der Waals surface area (Å²) in [5, 5.41) is 3.07. The molecule has 44 valence electrons. The summed E-state index contributed by atoms with van der Waals surface area (Å²) in [6.45, 7) is 2.84. The number of ether oxygens (including phenoxy) is 1. The van der Waals surface area contributed by atoms with Gasteiger partial charge in [0.2, 0.25) is 0 Å². The minimum absolute atomic E-state index is 0. The topological polar surface area (TPSA) is 21.3 Å². The largest absolute Gasteiger partial charge is 0.348 e. The molecule has 2 nitrogen and oxygen atoms in total. The summed E-state index contributed by atoms with van der Waals surface area (Å²) in [6.07, 6.45) is 1.45. The standard InChI is InChI=1S/C4H9NO.ClH/c1-2-4-5-3-6-4;/h4-5H,2-3H2,1H3;1H. The van der Waals surface area contributed by atoms with Crippen molar-refractivity contribution in [2.24, 2.45) is 0 Å². The van der Waals surface area contributed by atoms with Crippen LogP contribution in [0, 0.1) is 0 Å². The average molecular weight is 124 g/mol. The smallest absolute Gasteiger partial charge is 0.111 e. The number of hydrogen-bond donors (Lipinski definition) is 1. The van der Waals surface area contributed by atoms with Gasteiger partial charge in [-0.25, -0.2) is 0 Å². The maximum atomic E-state index is 4.97. The van der Waals surface area contributed by atoms with Gasteiger partial charge in [-0.1, -0.05) is 6.92 Å². The zero-order valence-electron chi connectivity index (χ0n) is 4.31. The van der Waals surface area contributed by atoms with Crippen molar-refractivity contribution in [1.29, 1.82) is 0 Å². The zero-order chi connectivity index (χ0) is 4.41. The van der Waals surface area contributed by atoms with E-state index in [1.807, 2.05) is 0 Å². The molecule has 7 heavy (non-hydrogen) atoms. The van der Waals surface area contributed by atoms with Crippen molar-refractivity contribution in [3.63, 3.8) is 0 Å². The van der Waals surface area contributed by atoms with E-state index in [9.17, 15) is 0 Å². The third kappa shape index (κ3) is 1.63. The summed E-state index contributed by atoms with van der Waals surface area (Å²) in [5.41, 5.74) is 0. The predicted molar refractivity (Wildman–Crippen MR) is 30.4 cm³/mol. The summed E-state index contributed by atoms with van der Waals surface area (Å²) in [7, 11) is 0. The molecule has 3 heteroatoms. The molecule has 0 aromatic heterocycles. The normalized spacial score (nSPS) is 27.9. The summed E-state index contributed by atoms with van der Waals surface area (Å²) < 4.78 is 4.97. The fourth-order valence-electron chi connectivity index (χ4n) is 0.463. The number of hydrogen-bond acceptors (Lipinski definition) is 2. The van der Waals surface area contributed by atoms with E-state index in [2.05, 4.69) is 12.2 Å². The first kappa shape index (κ1) is 7.21. The molecule has 1 aliphatic heterocycles. The molecule has 0 spiro atoms. The lowest BCUT2D eigenvalue weighted by atomic mass is 10.4. The molecule has 1 fully saturated rings. The first-order valence-electron chi connectivity index (χ1n) is 2.28. The lowest BCUT2D eigenvalue weighted by molar-refractivity contribution is -0.0896. The van der Waals surface area contributed by atoms with Crippen LogP contribution in [0.15, 0.2) is 0 Å². The molecule has 1 atom stereocenters. The quantitative estimate of drug-likeness (QED) is 0.555. The highest BCUT2D eigenvalue weighted by atomic mass is 35.5. The van der Waals surface area contributed by atoms with Gasteiger partial charge in [0, 0.05) is 0 Å². The Hall–Kier alpha value is 0.210. The predicted octanol–water partition coefficient (Wildman–Crippen LogP) is 0.722. The van der Waals surface area contributed by atoms with E-state index in [0.717, 1.165) is 13.2 Å². The summed E-state index contributed by atoms with van der Waals surface area (Å²) in [5.74, 6) is 0. The van der Waals surface area contributed by atoms with Gasteiger partial charge >= 0.3 is 0 Å². The fourth-order valence-corrected chi connectivity index (χ4v) is 0.463. The molecule has 1 heterocycles. The van der Waals surface area contributed by atoms with Crippen molar-refractivity contribution in [3.8, 4) is 0 Å². The van der Waals surface area contributed by atoms with Crippen molar-refractivity contribution in [2.45, 2.75) is 19.6 Å². The third-order valence-corrected chi connectivity index (χ3v) is 0.966. The molecule has 0 aromatic rings. The summed E-state index contributed by atoms with van der Waals surface area (Å²) in [4.78, 5) is 0. The van der Waals surface area contributed by atoms with Crippen molar-refractivity contribution >= 4 is 12.4 Å². The van der Waals surface area contributed by atoms with E-state index in [1.165, 1.54) is 0 Å². The molecule has 0 aromatic carbocycles. The van der Waals surface area contributed by atoms with Gasteiger partial charge in [0.25, 0.3) is 0 Å². The van der Waals surface area contributed by atoms with E-state index in [4.69, 9.17) is 4.74 Å². The molecule has 1 saturated heterocycles. The Bertz CT molecular complexity index is 44.2. The van der Waals surface area contributed by atoms with Crippen LogP contribution in [0.1, 0.15) is 13.3 Å². The van der Waals surface area contributed by atoms with Crippen LogP contribution in [0.5, 0.6) is 0 Å². The van der Waals surface area contributed by atoms with Gasteiger partial charge in [0.15, 0.2) is 0 Å². The van der Waals surface area contributed by atoms with Gasteiger partial charge in [-0.15, -0.1) is 12.4 Å². The van der Waals surface area contributed by atoms with Gasteiger partial charge in [-0.05, 0) is 6.42 Å². The van der Waals surface area contributed by atoms with Crippen LogP contribution in [0.3, 0.4) is 0 Å². The van der Waals surface area contributed by atoms with E-state index < -0.39 is 0 Å². The van der Waals surface area contributed by atoms with Gasteiger partial charge in [0.1, 0.15) is 13.0 Å². The highest BCUT2D eigenvalue weighted by Gasteiger charge is 2.11. The Morgan fingerprint density at radius 2 is 2.43 bits per heavy atom. The molecule has 0 amide bonds. The van der Waals surface area contributed by atoms with Gasteiger partial charge < -0.3 is 4.74 Å². The molecule has 1 N–H and O–H groups in total. The SMILES string of the molecule is CCC1NCO1.Cl. The maximum Gasteiger partial charge on any atom is 0.111 e. The Morgan fingerprint density at radius 1 is 1.86 bits per heavy atom. The number of nitrogens with one attached hydrogen (secondary N) is 1. The molecule has 0 saturated carbocycles. The van der Waals surface area contributed by atoms with E-state index >= 15 is 0 Å². The molecule has 0 aliphatic carbocycles. The Balaban J connectivity index is 0.000000360. The maximum absolute atomic E-state index is 4.97. The van der Waals surface area contributed by atoms with E-state index in [-0.39, 0.29) is 12.4 Å². The number of rotatable bonds is 1. The van der Waals surface area contributed by atoms with Crippen molar-refractivity contribution in [2.75, 3.05) is 6.73 Å². The zero-order valence-corrected chi connectivity index (χ0v) is 5.12. The molecule has 1 aliphatic rings. The highest BCUT2D eigenvalue weighted by molar-refractivity contribution is 5.85.